The fourth-order valence-electron chi connectivity index (χ4n) is 1.06. The summed E-state index contributed by atoms with van der Waals surface area (Å²) in [5.74, 6) is -0.865. The van der Waals surface area contributed by atoms with E-state index in [2.05, 4.69) is 6.58 Å². The van der Waals surface area contributed by atoms with Crippen LogP contribution in [-0.2, 0) is 14.9 Å². The standard InChI is InChI=1S/C7H7N3O4S.In/c1-5(7(9)11)2-6(3-10-4-8)15(12,13)14;/h3,8H,1H2,(H3,9,11,12,13,14);/q;+1/p-1. The van der Waals surface area contributed by atoms with Gasteiger partial charge in [-0.2, -0.15) is 0 Å². The first-order chi connectivity index (χ1) is 7.27. The van der Waals surface area contributed by atoms with Crippen molar-refractivity contribution >= 4 is 42.0 Å². The molecule has 0 aliphatic carbocycles. The Labute approximate surface area is 103 Å². The molecule has 1 aliphatic heterocycles. The second-order valence-corrected chi connectivity index (χ2v) is 8.22. The van der Waals surface area contributed by atoms with Gasteiger partial charge in [0, 0.05) is 0 Å². The average Bonchev–Trinajstić information content (AvgIpc) is 2.59. The maximum absolute atomic E-state index is 11.0. The van der Waals surface area contributed by atoms with Crippen molar-refractivity contribution in [1.82, 2.24) is 2.89 Å². The quantitative estimate of drug-likeness (QED) is 0.359. The monoisotopic (exact) mass is 343 g/mol. The average molecular weight is 343 g/mol. The van der Waals surface area contributed by atoms with Gasteiger partial charge in [0.15, 0.2) is 0 Å². The Hall–Kier alpha value is -1.11. The van der Waals surface area contributed by atoms with Gasteiger partial charge in [0.25, 0.3) is 0 Å². The summed E-state index contributed by atoms with van der Waals surface area (Å²) in [5.41, 5.74) is 4.81. The van der Waals surface area contributed by atoms with Gasteiger partial charge in [-0.25, -0.2) is 0 Å². The Kier molecular flexibility index (Phi) is 3.57. The molecule has 1 rings (SSSR count). The van der Waals surface area contributed by atoms with Crippen LogP contribution >= 0.6 is 0 Å². The van der Waals surface area contributed by atoms with Crippen LogP contribution < -0.4 is 5.73 Å². The molecule has 3 N–H and O–H groups in total. The first-order valence-electron chi connectivity index (χ1n) is 3.86. The van der Waals surface area contributed by atoms with E-state index in [9.17, 15) is 13.2 Å². The molecule has 82 valence electrons. The predicted octanol–water partition coefficient (Wildman–Crippen LogP) is -1.65. The van der Waals surface area contributed by atoms with E-state index in [0.29, 0.717) is 0 Å². The maximum atomic E-state index is 11.0. The summed E-state index contributed by atoms with van der Waals surface area (Å²) in [7, 11) is -4.46. The number of nitrogens with two attached hydrogens (primary N) is 1. The van der Waals surface area contributed by atoms with Crippen LogP contribution in [0.25, 0.3) is 0 Å². The number of rotatable bonds is 3. The molecule has 0 unspecified atom stereocenters. The zero-order chi connectivity index (χ0) is 12.5. The van der Waals surface area contributed by atoms with Crippen molar-refractivity contribution in [3.05, 3.63) is 23.3 Å². The van der Waals surface area contributed by atoms with Crippen molar-refractivity contribution < 1.29 is 17.8 Å². The molecule has 16 heavy (non-hydrogen) atoms. The summed E-state index contributed by atoms with van der Waals surface area (Å²) >= 11 is -1.98. The Bertz CT molecular complexity index is 569. The summed E-state index contributed by atoms with van der Waals surface area (Å²) in [5, 5.41) is 8.63. The number of nitrogens with zero attached hydrogens (tertiary/aromatic N) is 2. The van der Waals surface area contributed by atoms with Crippen LogP contribution in [0.2, 0.25) is 0 Å². The minimum atomic E-state index is -4.46. The van der Waals surface area contributed by atoms with Gasteiger partial charge < -0.3 is 0 Å². The van der Waals surface area contributed by atoms with Gasteiger partial charge in [0.1, 0.15) is 0 Å². The summed E-state index contributed by atoms with van der Waals surface area (Å²) in [6.45, 7) is 3.35. The molecule has 7 nitrogen and oxygen atoms in total. The normalized spacial score (nSPS) is 14.6. The summed E-state index contributed by atoms with van der Waals surface area (Å²) in [6, 6.07) is 0. The number of nitriles is 1. The molecule has 1 heterocycles. The summed E-state index contributed by atoms with van der Waals surface area (Å²) in [4.78, 5) is 10.4. The molecule has 9 heteroatoms. The molecule has 0 saturated carbocycles. The Balaban J connectivity index is 3.30. The van der Waals surface area contributed by atoms with E-state index in [-0.39, 0.29) is 8.83 Å². The van der Waals surface area contributed by atoms with Gasteiger partial charge in [-0.05, 0) is 0 Å². The van der Waals surface area contributed by atoms with Crippen LogP contribution in [0.5, 0.6) is 0 Å². The zero-order valence-electron chi connectivity index (χ0n) is 7.91. The van der Waals surface area contributed by atoms with Crippen LogP contribution in [0.3, 0.4) is 0 Å². The SMILES string of the molecule is C=C(C(N)=O)[C]1=[In][N](C#N)C=C1S(=O)(=O)O. The first-order valence-corrected chi connectivity index (χ1v) is 8.42. The van der Waals surface area contributed by atoms with Crippen LogP contribution in [0, 0.1) is 11.5 Å². The second kappa shape index (κ2) is 4.40. The molecular formula is C7H6InN3O4S. The van der Waals surface area contributed by atoms with E-state index in [0.717, 1.165) is 9.09 Å². The third-order valence-corrected chi connectivity index (χ3v) is 7.45. The van der Waals surface area contributed by atoms with E-state index in [1.807, 2.05) is 0 Å². The topological polar surface area (TPSA) is 124 Å². The van der Waals surface area contributed by atoms with E-state index in [1.54, 1.807) is 6.19 Å². The minimum absolute atomic E-state index is 0.117. The van der Waals surface area contributed by atoms with Crippen molar-refractivity contribution in [1.29, 1.82) is 5.26 Å². The van der Waals surface area contributed by atoms with E-state index < -0.39 is 43.6 Å². The summed E-state index contributed by atoms with van der Waals surface area (Å²) < 4.78 is 32.2. The molecule has 0 aromatic carbocycles. The predicted molar refractivity (Wildman–Crippen MR) is 56.2 cm³/mol. The van der Waals surface area contributed by atoms with Crippen molar-refractivity contribution in [2.45, 2.75) is 0 Å². The number of carbonyl (C=O) groups excluding carboxylic acids is 1. The molecule has 0 atom stereocenters. The number of hydrogen-bond donors (Lipinski definition) is 2. The molecule has 0 saturated heterocycles. The second-order valence-electron chi connectivity index (χ2n) is 2.86. The van der Waals surface area contributed by atoms with Gasteiger partial charge in [0.05, 0.1) is 0 Å². The third kappa shape index (κ3) is 2.52. The molecule has 0 aromatic heterocycles. The molecule has 0 spiro atoms. The number of primary amides is 1. The van der Waals surface area contributed by atoms with Crippen molar-refractivity contribution in [2.24, 2.45) is 5.73 Å². The molecule has 0 radical (unpaired) electrons. The van der Waals surface area contributed by atoms with Gasteiger partial charge in [0.2, 0.25) is 0 Å². The number of allylic oxidation sites excluding steroid dienone is 1. The van der Waals surface area contributed by atoms with Crippen LogP contribution in [-0.4, -0.2) is 47.7 Å². The number of carbonyl (C=O) groups is 1. The molecule has 0 bridgehead atoms. The Morgan fingerprint density at radius 2 is 2.25 bits per heavy atom. The van der Waals surface area contributed by atoms with Gasteiger partial charge in [-0.1, -0.05) is 0 Å². The number of amides is 1. The van der Waals surface area contributed by atoms with Crippen LogP contribution in [0.15, 0.2) is 23.3 Å². The molecular weight excluding hydrogens is 337 g/mol. The van der Waals surface area contributed by atoms with Crippen molar-refractivity contribution in [3.8, 4) is 6.19 Å². The summed E-state index contributed by atoms with van der Waals surface area (Å²) in [6.07, 6.45) is 2.74. The van der Waals surface area contributed by atoms with Crippen molar-refractivity contribution in [3.63, 3.8) is 0 Å². The van der Waals surface area contributed by atoms with Gasteiger partial charge >= 0.3 is 103 Å². The third-order valence-electron chi connectivity index (χ3n) is 1.81. The fraction of sp³-hybridized carbons (Fsp3) is 0. The van der Waals surface area contributed by atoms with Gasteiger partial charge in [-0.15, -0.1) is 0 Å². The fourth-order valence-corrected chi connectivity index (χ4v) is 6.67. The zero-order valence-corrected chi connectivity index (χ0v) is 12.0. The Morgan fingerprint density at radius 3 is 2.62 bits per heavy atom. The van der Waals surface area contributed by atoms with Crippen molar-refractivity contribution in [2.75, 3.05) is 0 Å². The van der Waals surface area contributed by atoms with Crippen LogP contribution in [0.1, 0.15) is 0 Å². The molecule has 0 aromatic rings. The molecule has 0 fully saturated rings. The van der Waals surface area contributed by atoms with E-state index >= 15 is 0 Å². The number of hydrogen-bond acceptors (Lipinski definition) is 5. The molecule has 1 amide bonds. The van der Waals surface area contributed by atoms with E-state index in [4.69, 9.17) is 15.5 Å². The first kappa shape index (κ1) is 13.0. The Morgan fingerprint density at radius 1 is 1.69 bits per heavy atom. The van der Waals surface area contributed by atoms with Crippen LogP contribution in [0.4, 0.5) is 0 Å². The van der Waals surface area contributed by atoms with E-state index in [1.165, 1.54) is 0 Å². The molecule has 1 aliphatic rings. The van der Waals surface area contributed by atoms with Gasteiger partial charge in [-0.3, -0.25) is 0 Å².